The number of carbonyl (C=O) groups excluding carboxylic acids is 1. The molecule has 1 atom stereocenters. The molecule has 0 radical (unpaired) electrons. The molecule has 1 aromatic carbocycles. The largest absolute Gasteiger partial charge is 0.368 e. The molecule has 0 aromatic heterocycles. The number of carbonyl (C=O) groups is 1. The lowest BCUT2D eigenvalue weighted by Gasteiger charge is -2.36. The van der Waals surface area contributed by atoms with Gasteiger partial charge in [0, 0.05) is 50.9 Å². The van der Waals surface area contributed by atoms with Gasteiger partial charge in [-0.15, -0.1) is 0 Å². The van der Waals surface area contributed by atoms with Crippen molar-refractivity contribution >= 4 is 21.4 Å². The molecule has 0 saturated carbocycles. The number of nitrogens with zero attached hydrogens (tertiary/aromatic N) is 3. The van der Waals surface area contributed by atoms with E-state index < -0.39 is 9.84 Å². The average molecular weight is 394 g/mol. The zero-order valence-electron chi connectivity index (χ0n) is 16.4. The molecule has 2 saturated heterocycles. The van der Waals surface area contributed by atoms with Crippen LogP contribution in [0, 0.1) is 6.92 Å². The lowest BCUT2D eigenvalue weighted by atomic mass is 10.2. The summed E-state index contributed by atoms with van der Waals surface area (Å²) >= 11 is 0. The van der Waals surface area contributed by atoms with E-state index in [1.807, 2.05) is 11.8 Å². The summed E-state index contributed by atoms with van der Waals surface area (Å²) in [4.78, 5) is 19.1. The number of benzene rings is 1. The predicted molar refractivity (Wildman–Crippen MR) is 109 cm³/mol. The smallest absolute Gasteiger partial charge is 0.223 e. The van der Waals surface area contributed by atoms with Gasteiger partial charge in [0.05, 0.1) is 11.5 Å². The fourth-order valence-corrected chi connectivity index (χ4v) is 5.86. The molecule has 3 rings (SSSR count). The first-order valence-corrected chi connectivity index (χ1v) is 11.7. The summed E-state index contributed by atoms with van der Waals surface area (Å²) in [7, 11) is -2.89. The van der Waals surface area contributed by atoms with Crippen molar-refractivity contribution in [3.05, 3.63) is 29.8 Å². The van der Waals surface area contributed by atoms with E-state index >= 15 is 0 Å². The van der Waals surface area contributed by atoms with E-state index in [0.717, 1.165) is 32.7 Å². The van der Waals surface area contributed by atoms with Crippen LogP contribution in [0.1, 0.15) is 25.3 Å². The normalized spacial score (nSPS) is 22.4. The number of hydrogen-bond acceptors (Lipinski definition) is 5. The number of hydrogen-bond donors (Lipinski definition) is 0. The van der Waals surface area contributed by atoms with Crippen LogP contribution in [-0.2, 0) is 14.6 Å². The van der Waals surface area contributed by atoms with E-state index in [1.165, 1.54) is 11.3 Å². The van der Waals surface area contributed by atoms with Crippen LogP contribution in [0.4, 0.5) is 5.69 Å². The average Bonchev–Trinajstić information content (AvgIpc) is 3.02. The molecular weight excluding hydrogens is 362 g/mol. The van der Waals surface area contributed by atoms with E-state index in [4.69, 9.17) is 0 Å². The number of sulfone groups is 1. The van der Waals surface area contributed by atoms with Gasteiger partial charge in [-0.25, -0.2) is 8.42 Å². The van der Waals surface area contributed by atoms with Gasteiger partial charge in [-0.3, -0.25) is 9.69 Å². The maximum Gasteiger partial charge on any atom is 0.223 e. The van der Waals surface area contributed by atoms with Crippen molar-refractivity contribution < 1.29 is 13.2 Å². The van der Waals surface area contributed by atoms with Gasteiger partial charge < -0.3 is 9.80 Å². The molecule has 1 unspecified atom stereocenters. The Bertz CT molecular complexity index is 757. The Hall–Kier alpha value is -1.60. The van der Waals surface area contributed by atoms with Gasteiger partial charge in [0.15, 0.2) is 9.84 Å². The van der Waals surface area contributed by atoms with Gasteiger partial charge >= 0.3 is 0 Å². The van der Waals surface area contributed by atoms with Gasteiger partial charge in [-0.2, -0.15) is 0 Å². The van der Waals surface area contributed by atoms with Crippen molar-refractivity contribution in [2.24, 2.45) is 0 Å². The third-order valence-electron chi connectivity index (χ3n) is 5.74. The second-order valence-electron chi connectivity index (χ2n) is 7.64. The van der Waals surface area contributed by atoms with E-state index in [9.17, 15) is 13.2 Å². The first kappa shape index (κ1) is 20.1. The van der Waals surface area contributed by atoms with Crippen molar-refractivity contribution in [2.75, 3.05) is 55.7 Å². The number of piperazine rings is 1. The monoisotopic (exact) mass is 393 g/mol. The van der Waals surface area contributed by atoms with E-state index in [-0.39, 0.29) is 23.5 Å². The molecule has 1 amide bonds. The van der Waals surface area contributed by atoms with Gasteiger partial charge in [0.2, 0.25) is 5.91 Å². The fourth-order valence-electron chi connectivity index (χ4n) is 4.10. The zero-order chi connectivity index (χ0) is 19.4. The minimum Gasteiger partial charge on any atom is -0.368 e. The summed E-state index contributed by atoms with van der Waals surface area (Å²) in [5.74, 6) is 0.700. The Kier molecular flexibility index (Phi) is 6.42. The van der Waals surface area contributed by atoms with Crippen molar-refractivity contribution in [3.63, 3.8) is 0 Å². The molecule has 27 heavy (non-hydrogen) atoms. The van der Waals surface area contributed by atoms with E-state index in [2.05, 4.69) is 41.0 Å². The van der Waals surface area contributed by atoms with Crippen LogP contribution in [0.25, 0.3) is 0 Å². The Balaban J connectivity index is 1.46. The molecule has 2 heterocycles. The Labute approximate surface area is 163 Å². The second-order valence-corrected chi connectivity index (χ2v) is 9.87. The number of rotatable bonds is 6. The highest BCUT2D eigenvalue weighted by Crippen LogP contribution is 2.20. The van der Waals surface area contributed by atoms with Gasteiger partial charge in [-0.05, 0) is 37.6 Å². The first-order valence-electron chi connectivity index (χ1n) is 9.92. The van der Waals surface area contributed by atoms with Gasteiger partial charge in [0.25, 0.3) is 0 Å². The molecule has 0 bridgehead atoms. The molecule has 0 N–H and O–H groups in total. The fraction of sp³-hybridized carbons (Fsp3) is 0.650. The van der Waals surface area contributed by atoms with Crippen LogP contribution < -0.4 is 4.90 Å². The highest BCUT2D eigenvalue weighted by atomic mass is 32.2. The Morgan fingerprint density at radius 2 is 1.96 bits per heavy atom. The van der Waals surface area contributed by atoms with Gasteiger partial charge in [0.1, 0.15) is 0 Å². The standard InChI is InChI=1S/C20H31N3O3S/c1-3-21(19-8-14-27(25,26)16-19)9-7-20(24)23-12-10-22(11-13-23)18-6-4-5-17(2)15-18/h4-6,15,19H,3,7-14,16H2,1-2H3. The van der Waals surface area contributed by atoms with Crippen LogP contribution >= 0.6 is 0 Å². The van der Waals surface area contributed by atoms with Crippen LogP contribution in [0.2, 0.25) is 0 Å². The van der Waals surface area contributed by atoms with E-state index in [0.29, 0.717) is 19.4 Å². The van der Waals surface area contributed by atoms with Crippen molar-refractivity contribution in [3.8, 4) is 0 Å². The summed E-state index contributed by atoms with van der Waals surface area (Å²) in [6, 6.07) is 8.56. The SMILES string of the molecule is CCN(CCC(=O)N1CCN(c2cccc(C)c2)CC1)C1CCS(=O)(=O)C1. The van der Waals surface area contributed by atoms with Crippen LogP contribution in [0.15, 0.2) is 24.3 Å². The third kappa shape index (κ3) is 5.23. The topological polar surface area (TPSA) is 60.9 Å². The summed E-state index contributed by atoms with van der Waals surface area (Å²) < 4.78 is 23.4. The van der Waals surface area contributed by atoms with Crippen LogP contribution in [0.5, 0.6) is 0 Å². The number of amides is 1. The summed E-state index contributed by atoms with van der Waals surface area (Å²) in [5.41, 5.74) is 2.47. The summed E-state index contributed by atoms with van der Waals surface area (Å²) in [6.45, 7) is 8.77. The minimum absolute atomic E-state index is 0.0750. The molecule has 7 heteroatoms. The van der Waals surface area contributed by atoms with Crippen molar-refractivity contribution in [1.82, 2.24) is 9.80 Å². The summed E-state index contributed by atoms with van der Waals surface area (Å²) in [5, 5.41) is 0. The lowest BCUT2D eigenvalue weighted by Crippen LogP contribution is -2.49. The Morgan fingerprint density at radius 1 is 1.22 bits per heavy atom. The van der Waals surface area contributed by atoms with Crippen LogP contribution in [0.3, 0.4) is 0 Å². The highest BCUT2D eigenvalue weighted by molar-refractivity contribution is 7.91. The molecule has 2 aliphatic rings. The lowest BCUT2D eigenvalue weighted by molar-refractivity contribution is -0.131. The molecule has 1 aromatic rings. The summed E-state index contributed by atoms with van der Waals surface area (Å²) in [6.07, 6.45) is 1.16. The van der Waals surface area contributed by atoms with E-state index in [1.54, 1.807) is 0 Å². The number of aryl methyl sites for hydroxylation is 1. The first-order chi connectivity index (χ1) is 12.9. The molecule has 2 aliphatic heterocycles. The Morgan fingerprint density at radius 3 is 2.56 bits per heavy atom. The molecule has 2 fully saturated rings. The van der Waals surface area contributed by atoms with Crippen molar-refractivity contribution in [2.45, 2.75) is 32.7 Å². The minimum atomic E-state index is -2.89. The molecule has 0 aliphatic carbocycles. The maximum atomic E-state index is 12.6. The molecular formula is C20H31N3O3S. The molecule has 6 nitrogen and oxygen atoms in total. The zero-order valence-corrected chi connectivity index (χ0v) is 17.2. The predicted octanol–water partition coefficient (Wildman–Crippen LogP) is 1.54. The van der Waals surface area contributed by atoms with Crippen molar-refractivity contribution in [1.29, 1.82) is 0 Å². The molecule has 150 valence electrons. The van der Waals surface area contributed by atoms with Crippen LogP contribution in [-0.4, -0.2) is 80.9 Å². The maximum absolute atomic E-state index is 12.6. The quantitative estimate of drug-likeness (QED) is 0.734. The third-order valence-corrected chi connectivity index (χ3v) is 7.49. The number of anilines is 1. The second kappa shape index (κ2) is 8.61. The van der Waals surface area contributed by atoms with Gasteiger partial charge in [-0.1, -0.05) is 19.1 Å². The molecule has 0 spiro atoms. The highest BCUT2D eigenvalue weighted by Gasteiger charge is 2.32.